The molecule has 7 heteroatoms. The molecule has 3 heterocycles. The fourth-order valence-corrected chi connectivity index (χ4v) is 8.48. The van der Waals surface area contributed by atoms with Crippen LogP contribution in [0.25, 0.3) is 33.9 Å². The molecule has 200 valence electrons. The second-order valence-corrected chi connectivity index (χ2v) is 12.5. The Labute approximate surface area is 246 Å². The van der Waals surface area contributed by atoms with Gasteiger partial charge in [0.1, 0.15) is 16.1 Å². The van der Waals surface area contributed by atoms with Gasteiger partial charge in [0.05, 0.1) is 21.3 Å². The van der Waals surface area contributed by atoms with Gasteiger partial charge in [0, 0.05) is 24.1 Å². The average molecular weight is 581 g/mol. The topological polar surface area (TPSA) is 29.1 Å². The maximum Gasteiger partial charge on any atom is 0.268 e. The van der Waals surface area contributed by atoms with Crippen LogP contribution < -0.4 is 24.2 Å². The Morgan fingerprint density at radius 3 is 2.20 bits per heavy atom. The summed E-state index contributed by atoms with van der Waals surface area (Å²) in [6.45, 7) is 6.05. The fourth-order valence-electron chi connectivity index (χ4n) is 5.01. The average Bonchev–Trinajstić information content (AvgIpc) is 3.64. The molecule has 5 aromatic rings. The van der Waals surface area contributed by atoms with E-state index in [-0.39, 0.29) is 5.56 Å². The van der Waals surface area contributed by atoms with Crippen molar-refractivity contribution in [3.05, 3.63) is 121 Å². The third-order valence-electron chi connectivity index (χ3n) is 6.99. The Morgan fingerprint density at radius 2 is 1.50 bits per heavy atom. The molecule has 4 nitrogen and oxygen atoms in total. The number of aromatic nitrogens is 2. The summed E-state index contributed by atoms with van der Waals surface area (Å²) in [6.07, 6.45) is 6.24. The van der Waals surface area contributed by atoms with Crippen molar-refractivity contribution in [2.45, 2.75) is 25.3 Å². The highest BCUT2D eigenvalue weighted by Crippen LogP contribution is 2.45. The summed E-state index contributed by atoms with van der Waals surface area (Å²) in [5.74, 6) is 0. The number of thioether (sulfide) groups is 1. The van der Waals surface area contributed by atoms with Crippen molar-refractivity contribution in [2.24, 2.45) is 7.05 Å². The van der Waals surface area contributed by atoms with Gasteiger partial charge in [-0.3, -0.25) is 4.79 Å². The zero-order valence-electron chi connectivity index (χ0n) is 22.7. The smallest absolute Gasteiger partial charge is 0.268 e. The highest BCUT2D eigenvalue weighted by molar-refractivity contribution is 8.03. The van der Waals surface area contributed by atoms with Crippen LogP contribution >= 0.6 is 34.4 Å². The standard InChI is InChI=1S/C33H30N3OS3/c1-4-35-25-18-12-13-19-26(25)38-28(35)21-20-27-33(37)34(3)29(39-27)22-30-36(5-2)31(23-14-8-6-9-15-23)32(40-30)24-16-10-7-11-17-24/h6-22H,4-5H2,1-3H3/q+1/b27-20+,28-21?. The predicted octanol–water partition coefficient (Wildman–Crippen LogP) is 6.23. The second kappa shape index (κ2) is 11.5. The molecule has 0 atom stereocenters. The van der Waals surface area contributed by atoms with E-state index >= 15 is 0 Å². The Hall–Kier alpha value is -3.65. The third-order valence-corrected chi connectivity index (χ3v) is 10.4. The lowest BCUT2D eigenvalue weighted by Gasteiger charge is -2.17. The molecule has 0 saturated carbocycles. The van der Waals surface area contributed by atoms with Crippen molar-refractivity contribution in [3.8, 4) is 21.7 Å². The molecule has 3 aromatic carbocycles. The highest BCUT2D eigenvalue weighted by Gasteiger charge is 2.27. The van der Waals surface area contributed by atoms with Crippen LogP contribution in [0.4, 0.5) is 5.69 Å². The van der Waals surface area contributed by atoms with Gasteiger partial charge in [0.15, 0.2) is 0 Å². The molecule has 0 aliphatic carbocycles. The van der Waals surface area contributed by atoms with Gasteiger partial charge in [-0.1, -0.05) is 83.8 Å². The van der Waals surface area contributed by atoms with E-state index < -0.39 is 0 Å². The van der Waals surface area contributed by atoms with Crippen molar-refractivity contribution in [3.63, 3.8) is 0 Å². The zero-order chi connectivity index (χ0) is 27.6. The highest BCUT2D eigenvalue weighted by atomic mass is 32.2. The first-order chi connectivity index (χ1) is 19.6. The molecule has 0 radical (unpaired) electrons. The van der Waals surface area contributed by atoms with Gasteiger partial charge >= 0.3 is 0 Å². The first-order valence-electron chi connectivity index (χ1n) is 13.4. The molecule has 2 aromatic heterocycles. The van der Waals surface area contributed by atoms with Gasteiger partial charge in [0.25, 0.3) is 10.6 Å². The number of anilines is 1. The van der Waals surface area contributed by atoms with Crippen molar-refractivity contribution in [1.82, 2.24) is 4.57 Å². The number of hydrogen-bond donors (Lipinski definition) is 0. The van der Waals surface area contributed by atoms with Crippen molar-refractivity contribution in [1.29, 1.82) is 0 Å². The Balaban J connectivity index is 1.47. The second-order valence-electron chi connectivity index (χ2n) is 9.39. The van der Waals surface area contributed by atoms with E-state index in [0.29, 0.717) is 0 Å². The molecule has 6 rings (SSSR count). The number of para-hydroxylation sites is 1. The minimum absolute atomic E-state index is 0.0304. The summed E-state index contributed by atoms with van der Waals surface area (Å²) in [7, 11) is 1.87. The summed E-state index contributed by atoms with van der Waals surface area (Å²) in [4.78, 5) is 18.1. The lowest BCUT2D eigenvalue weighted by atomic mass is 10.1. The molecule has 1 aliphatic rings. The fraction of sp³-hybridized carbons (Fsp3) is 0.152. The predicted molar refractivity (Wildman–Crippen MR) is 171 cm³/mol. The molecular formula is C33H30N3OS3+. The van der Waals surface area contributed by atoms with Gasteiger partial charge in [-0.15, -0.1) is 11.3 Å². The van der Waals surface area contributed by atoms with Gasteiger partial charge in [0.2, 0.25) is 5.69 Å². The van der Waals surface area contributed by atoms with Crippen LogP contribution in [0.1, 0.15) is 18.9 Å². The molecule has 0 N–H and O–H groups in total. The Morgan fingerprint density at radius 1 is 0.825 bits per heavy atom. The maximum atomic E-state index is 13.3. The van der Waals surface area contributed by atoms with E-state index in [0.717, 1.165) is 32.3 Å². The van der Waals surface area contributed by atoms with E-state index in [9.17, 15) is 4.79 Å². The Bertz CT molecular complexity index is 1880. The van der Waals surface area contributed by atoms with Gasteiger partial charge in [-0.25, -0.2) is 0 Å². The number of benzene rings is 3. The lowest BCUT2D eigenvalue weighted by molar-refractivity contribution is -0.679. The molecule has 0 fully saturated rings. The molecule has 0 unspecified atom stereocenters. The quantitative estimate of drug-likeness (QED) is 0.223. The number of hydrogen-bond acceptors (Lipinski definition) is 5. The number of fused-ring (bicyclic) bond motifs is 1. The first-order valence-corrected chi connectivity index (χ1v) is 15.9. The van der Waals surface area contributed by atoms with E-state index in [1.165, 1.54) is 32.3 Å². The van der Waals surface area contributed by atoms with Gasteiger partial charge in [-0.2, -0.15) is 4.57 Å². The lowest BCUT2D eigenvalue weighted by Crippen LogP contribution is -2.36. The summed E-state index contributed by atoms with van der Waals surface area (Å²) >= 11 is 5.07. The molecule has 0 saturated heterocycles. The summed E-state index contributed by atoms with van der Waals surface area (Å²) < 4.78 is 5.81. The number of allylic oxidation sites excluding steroid dienone is 1. The van der Waals surface area contributed by atoms with Crippen LogP contribution in [-0.2, 0) is 13.6 Å². The summed E-state index contributed by atoms with van der Waals surface area (Å²) in [6, 6.07) is 29.6. The normalized spacial score (nSPS) is 14.9. The van der Waals surface area contributed by atoms with Crippen LogP contribution in [0.2, 0.25) is 0 Å². The van der Waals surface area contributed by atoms with Crippen LogP contribution in [0.3, 0.4) is 0 Å². The Kier molecular flexibility index (Phi) is 7.61. The monoisotopic (exact) mass is 580 g/mol. The van der Waals surface area contributed by atoms with Crippen LogP contribution in [-0.4, -0.2) is 11.1 Å². The van der Waals surface area contributed by atoms with Crippen LogP contribution in [0.15, 0.2) is 106 Å². The van der Waals surface area contributed by atoms with E-state index in [1.54, 1.807) is 39.0 Å². The largest absolute Gasteiger partial charge is 0.335 e. The zero-order valence-corrected chi connectivity index (χ0v) is 25.2. The number of rotatable bonds is 6. The molecule has 1 aliphatic heterocycles. The van der Waals surface area contributed by atoms with Gasteiger partial charge < -0.3 is 9.47 Å². The molecular weight excluding hydrogens is 551 g/mol. The molecule has 40 heavy (non-hydrogen) atoms. The molecule has 0 bridgehead atoms. The summed E-state index contributed by atoms with van der Waals surface area (Å²) in [5.41, 5.74) is 4.86. The van der Waals surface area contributed by atoms with E-state index in [2.05, 4.69) is 120 Å². The van der Waals surface area contributed by atoms with Crippen molar-refractivity contribution < 1.29 is 4.57 Å². The number of thiazole rings is 2. The van der Waals surface area contributed by atoms with Crippen LogP contribution in [0.5, 0.6) is 0 Å². The number of nitrogens with zero attached hydrogens (tertiary/aromatic N) is 3. The summed E-state index contributed by atoms with van der Waals surface area (Å²) in [5, 5.41) is 2.27. The minimum atomic E-state index is 0.0304. The van der Waals surface area contributed by atoms with Gasteiger partial charge in [-0.05, 0) is 55.8 Å². The van der Waals surface area contributed by atoms with E-state index in [1.807, 2.05) is 13.1 Å². The van der Waals surface area contributed by atoms with E-state index in [4.69, 9.17) is 0 Å². The third kappa shape index (κ3) is 4.89. The van der Waals surface area contributed by atoms with Crippen molar-refractivity contribution in [2.75, 3.05) is 11.4 Å². The molecule has 0 spiro atoms. The van der Waals surface area contributed by atoms with Crippen LogP contribution in [0, 0.1) is 0 Å². The minimum Gasteiger partial charge on any atom is -0.335 e. The first kappa shape index (κ1) is 26.6. The SMILES string of the molecule is CCN1C(=C/C=c2/sc(=Cc3sc(-c4ccccc4)c(-c4ccccc4)[n+]3CC)n(C)c2=O)Sc2ccccc21. The molecule has 0 amide bonds. The van der Waals surface area contributed by atoms with Crippen molar-refractivity contribution >= 4 is 52.3 Å². The maximum absolute atomic E-state index is 13.3.